The Morgan fingerprint density at radius 2 is 2.00 bits per heavy atom. The summed E-state index contributed by atoms with van der Waals surface area (Å²) >= 11 is 0. The van der Waals surface area contributed by atoms with E-state index in [1.165, 1.54) is 0 Å². The summed E-state index contributed by atoms with van der Waals surface area (Å²) in [5.41, 5.74) is 0. The third-order valence-electron chi connectivity index (χ3n) is 3.97. The molecule has 0 aromatic carbocycles. The van der Waals surface area contributed by atoms with E-state index in [0.717, 1.165) is 6.54 Å². The Bertz CT molecular complexity index is 327. The first kappa shape index (κ1) is 16.9. The monoisotopic (exact) mass is 286 g/mol. The van der Waals surface area contributed by atoms with E-state index in [4.69, 9.17) is 9.84 Å². The molecule has 6 nitrogen and oxygen atoms in total. The van der Waals surface area contributed by atoms with Crippen LogP contribution < -0.4 is 0 Å². The average molecular weight is 286 g/mol. The number of likely N-dealkylation sites (tertiary alicyclic amines) is 1. The Morgan fingerprint density at radius 3 is 2.45 bits per heavy atom. The minimum Gasteiger partial charge on any atom is -0.481 e. The number of carbonyl (C=O) groups excluding carboxylic acids is 1. The van der Waals surface area contributed by atoms with E-state index in [1.807, 2.05) is 13.8 Å². The topological polar surface area (TPSA) is 70.1 Å². The normalized spacial score (nSPS) is 18.3. The smallest absolute Gasteiger partial charge is 0.306 e. The fourth-order valence-electron chi connectivity index (χ4n) is 2.58. The first-order valence-corrected chi connectivity index (χ1v) is 7.23. The number of ether oxygens (including phenoxy) is 1. The molecule has 1 amide bonds. The molecule has 0 aromatic heterocycles. The van der Waals surface area contributed by atoms with Gasteiger partial charge in [0.2, 0.25) is 5.91 Å². The molecule has 20 heavy (non-hydrogen) atoms. The number of carbonyl (C=O) groups is 2. The van der Waals surface area contributed by atoms with Gasteiger partial charge in [-0.3, -0.25) is 14.5 Å². The summed E-state index contributed by atoms with van der Waals surface area (Å²) in [7, 11) is 1.66. The molecule has 0 aliphatic carbocycles. The van der Waals surface area contributed by atoms with Crippen LogP contribution in [0.1, 0.15) is 26.7 Å². The minimum absolute atomic E-state index is 0.0821. The molecule has 1 atom stereocenters. The van der Waals surface area contributed by atoms with E-state index in [2.05, 4.69) is 4.90 Å². The maximum atomic E-state index is 12.2. The fourth-order valence-corrected chi connectivity index (χ4v) is 2.58. The van der Waals surface area contributed by atoms with Crippen molar-refractivity contribution in [2.24, 2.45) is 5.92 Å². The van der Waals surface area contributed by atoms with Gasteiger partial charge in [0.25, 0.3) is 0 Å². The number of hydrogen-bond acceptors (Lipinski definition) is 4. The summed E-state index contributed by atoms with van der Waals surface area (Å²) in [4.78, 5) is 27.0. The zero-order valence-corrected chi connectivity index (χ0v) is 12.7. The van der Waals surface area contributed by atoms with Crippen molar-refractivity contribution < 1.29 is 19.4 Å². The zero-order chi connectivity index (χ0) is 15.1. The first-order chi connectivity index (χ1) is 9.49. The minimum atomic E-state index is -0.749. The van der Waals surface area contributed by atoms with Crippen molar-refractivity contribution in [3.05, 3.63) is 0 Å². The van der Waals surface area contributed by atoms with Crippen LogP contribution in [0.25, 0.3) is 0 Å². The number of aliphatic carboxylic acids is 1. The summed E-state index contributed by atoms with van der Waals surface area (Å²) in [6.07, 6.45) is 1.11. The van der Waals surface area contributed by atoms with Crippen molar-refractivity contribution in [1.29, 1.82) is 0 Å². The number of nitrogens with zero attached hydrogens (tertiary/aromatic N) is 2. The van der Waals surface area contributed by atoms with Crippen LogP contribution in [0.4, 0.5) is 0 Å². The summed E-state index contributed by atoms with van der Waals surface area (Å²) in [5.74, 6) is -0.964. The molecule has 0 aromatic rings. The number of carboxylic acid groups (broad SMARTS) is 1. The van der Waals surface area contributed by atoms with Crippen LogP contribution in [0.2, 0.25) is 0 Å². The third-order valence-corrected chi connectivity index (χ3v) is 3.97. The highest BCUT2D eigenvalue weighted by molar-refractivity contribution is 5.79. The van der Waals surface area contributed by atoms with Crippen molar-refractivity contribution in [3.8, 4) is 0 Å². The average Bonchev–Trinajstić information content (AvgIpc) is 2.44. The van der Waals surface area contributed by atoms with Gasteiger partial charge in [-0.15, -0.1) is 0 Å². The van der Waals surface area contributed by atoms with E-state index in [9.17, 15) is 9.59 Å². The van der Waals surface area contributed by atoms with Gasteiger partial charge in [0.1, 0.15) is 0 Å². The Balaban J connectivity index is 2.44. The Labute approximate surface area is 120 Å². The predicted molar refractivity (Wildman–Crippen MR) is 75.5 cm³/mol. The van der Waals surface area contributed by atoms with Crippen LogP contribution >= 0.6 is 0 Å². The highest BCUT2D eigenvalue weighted by Crippen LogP contribution is 2.17. The van der Waals surface area contributed by atoms with Gasteiger partial charge in [-0.1, -0.05) is 6.92 Å². The van der Waals surface area contributed by atoms with Gasteiger partial charge < -0.3 is 14.7 Å². The summed E-state index contributed by atoms with van der Waals surface area (Å²) in [5, 5.41) is 8.95. The van der Waals surface area contributed by atoms with Gasteiger partial charge in [0, 0.05) is 26.2 Å². The van der Waals surface area contributed by atoms with Crippen LogP contribution in [-0.4, -0.2) is 72.7 Å². The quantitative estimate of drug-likeness (QED) is 0.745. The molecule has 0 saturated carbocycles. The standard InChI is InChI=1S/C14H26N2O4/c1-4-15(11(2)10-20-3)9-13(17)16-7-5-12(6-8-16)14(18)19/h11-12H,4-10H2,1-3H3,(H,18,19). The molecule has 1 N–H and O–H groups in total. The van der Waals surface area contributed by atoms with Crippen molar-refractivity contribution in [3.63, 3.8) is 0 Å². The molecule has 6 heteroatoms. The lowest BCUT2D eigenvalue weighted by Gasteiger charge is -2.33. The van der Waals surface area contributed by atoms with Crippen LogP contribution in [0.3, 0.4) is 0 Å². The molecule has 1 heterocycles. The molecule has 0 spiro atoms. The number of likely N-dealkylation sites (N-methyl/N-ethyl adjacent to an activating group) is 1. The van der Waals surface area contributed by atoms with Gasteiger partial charge in [0.05, 0.1) is 19.1 Å². The molecule has 1 fully saturated rings. The van der Waals surface area contributed by atoms with E-state index in [0.29, 0.717) is 39.1 Å². The molecule has 1 rings (SSSR count). The number of piperidine rings is 1. The van der Waals surface area contributed by atoms with Crippen molar-refractivity contribution in [1.82, 2.24) is 9.80 Å². The van der Waals surface area contributed by atoms with Gasteiger partial charge in [-0.05, 0) is 26.3 Å². The summed E-state index contributed by atoms with van der Waals surface area (Å²) in [6, 6.07) is 0.200. The maximum absolute atomic E-state index is 12.2. The highest BCUT2D eigenvalue weighted by atomic mass is 16.5. The summed E-state index contributed by atoms with van der Waals surface area (Å²) in [6.45, 7) is 6.92. The maximum Gasteiger partial charge on any atom is 0.306 e. The van der Waals surface area contributed by atoms with Crippen molar-refractivity contribution in [2.75, 3.05) is 39.9 Å². The zero-order valence-electron chi connectivity index (χ0n) is 12.7. The molecule has 1 unspecified atom stereocenters. The lowest BCUT2D eigenvalue weighted by Crippen LogP contribution is -2.47. The van der Waals surface area contributed by atoms with E-state index >= 15 is 0 Å². The van der Waals surface area contributed by atoms with E-state index < -0.39 is 5.97 Å². The van der Waals surface area contributed by atoms with Crippen LogP contribution in [-0.2, 0) is 14.3 Å². The number of carboxylic acids is 1. The van der Waals surface area contributed by atoms with Gasteiger partial charge >= 0.3 is 5.97 Å². The largest absolute Gasteiger partial charge is 0.481 e. The number of amides is 1. The first-order valence-electron chi connectivity index (χ1n) is 7.23. The Morgan fingerprint density at radius 1 is 1.40 bits per heavy atom. The Hall–Kier alpha value is -1.14. The van der Waals surface area contributed by atoms with Crippen molar-refractivity contribution in [2.45, 2.75) is 32.7 Å². The molecule has 0 bridgehead atoms. The number of methoxy groups -OCH3 is 1. The van der Waals surface area contributed by atoms with Crippen LogP contribution in [0.15, 0.2) is 0 Å². The van der Waals surface area contributed by atoms with E-state index in [1.54, 1.807) is 12.0 Å². The molecular weight excluding hydrogens is 260 g/mol. The van der Waals surface area contributed by atoms with Gasteiger partial charge in [-0.2, -0.15) is 0 Å². The second kappa shape index (κ2) is 8.21. The summed E-state index contributed by atoms with van der Waals surface area (Å²) < 4.78 is 5.12. The molecule has 1 aliphatic rings. The van der Waals surface area contributed by atoms with Crippen LogP contribution in [0, 0.1) is 5.92 Å². The molecule has 1 saturated heterocycles. The SMILES string of the molecule is CCN(CC(=O)N1CCC(C(=O)O)CC1)C(C)COC. The lowest BCUT2D eigenvalue weighted by atomic mass is 9.97. The Kier molecular flexibility index (Phi) is 6.95. The van der Waals surface area contributed by atoms with Gasteiger partial charge in [-0.25, -0.2) is 0 Å². The molecule has 1 aliphatic heterocycles. The molecule has 116 valence electrons. The molecular formula is C14H26N2O4. The lowest BCUT2D eigenvalue weighted by molar-refractivity contribution is -0.146. The number of rotatable bonds is 7. The predicted octanol–water partition coefficient (Wildman–Crippen LogP) is 0.666. The second-order valence-electron chi connectivity index (χ2n) is 5.36. The third kappa shape index (κ3) is 4.76. The molecule has 0 radical (unpaired) electrons. The van der Waals surface area contributed by atoms with E-state index in [-0.39, 0.29) is 17.9 Å². The highest BCUT2D eigenvalue weighted by Gasteiger charge is 2.28. The second-order valence-corrected chi connectivity index (χ2v) is 5.36. The number of hydrogen-bond donors (Lipinski definition) is 1. The van der Waals surface area contributed by atoms with Crippen molar-refractivity contribution >= 4 is 11.9 Å². The van der Waals surface area contributed by atoms with Crippen LogP contribution in [0.5, 0.6) is 0 Å². The van der Waals surface area contributed by atoms with Gasteiger partial charge in [0.15, 0.2) is 0 Å². The fraction of sp³-hybridized carbons (Fsp3) is 0.857.